The van der Waals surface area contributed by atoms with E-state index in [1.54, 1.807) is 49.7 Å². The zero-order valence-electron chi connectivity index (χ0n) is 36.8. The standard InChI is InChI=1S/C45H47N3O14S4/c1-28-7-11-32(12-8-28)64(51,52)21-19-59-40(49)25-61-37-17-15-34(23-39(37)62-26-41(50)60-20-22-65(53,54)33-13-9-29(2)10-14-33)66(55,56)45-47-35-16-18-38(57-5)44(42(35)48-45)63-27-36-31(4)43(58-6)30(3)24-46-36/h7-18,23-24H,19-22,25-27H2,1-6H3,(H,47,48). The highest BCUT2D eigenvalue weighted by atomic mass is 32.2. The van der Waals surface area contributed by atoms with E-state index < -0.39 is 84.5 Å². The molecule has 6 rings (SSSR count). The SMILES string of the molecule is COc1ccc2[nH]c(S(=O)(=O)c3ccc(OCC(=O)OCCS(=O)(=O)c4ccc(C)cc4)c(OCC(=O)OCCS(=O)(=O)c4ccc(C)cc4)c3)nc2c1SCc1ncc(C)c(OC)c1C. The third-order valence-electron chi connectivity index (χ3n) is 10.0. The van der Waals surface area contributed by atoms with Gasteiger partial charge in [0.15, 0.2) is 44.4 Å². The first-order valence-electron chi connectivity index (χ1n) is 20.1. The second kappa shape index (κ2) is 21.0. The molecule has 0 radical (unpaired) electrons. The molecule has 0 aliphatic rings. The second-order valence-electron chi connectivity index (χ2n) is 14.8. The van der Waals surface area contributed by atoms with Crippen molar-refractivity contribution in [3.05, 3.63) is 113 Å². The van der Waals surface area contributed by atoms with Crippen LogP contribution in [-0.4, -0.2) is 104 Å². The average Bonchev–Trinajstić information content (AvgIpc) is 3.74. The Hall–Kier alpha value is -6.16. The maximum Gasteiger partial charge on any atom is 0.344 e. The average molecular weight is 982 g/mol. The molecule has 350 valence electrons. The van der Waals surface area contributed by atoms with Gasteiger partial charge in [0.05, 0.1) is 56.5 Å². The molecule has 0 aliphatic carbocycles. The largest absolute Gasteiger partial charge is 0.496 e. The summed E-state index contributed by atoms with van der Waals surface area (Å²) in [6.45, 7) is 4.85. The van der Waals surface area contributed by atoms with Gasteiger partial charge in [0, 0.05) is 29.1 Å². The van der Waals surface area contributed by atoms with Gasteiger partial charge in [-0.05, 0) is 76.2 Å². The lowest BCUT2D eigenvalue weighted by atomic mass is 10.1. The number of methoxy groups -OCH3 is 2. The minimum absolute atomic E-state index is 0.0564. The van der Waals surface area contributed by atoms with Crippen molar-refractivity contribution in [2.24, 2.45) is 0 Å². The summed E-state index contributed by atoms with van der Waals surface area (Å²) in [6.07, 6.45) is 1.71. The van der Waals surface area contributed by atoms with Crippen LogP contribution in [0.1, 0.15) is 27.9 Å². The second-order valence-corrected chi connectivity index (χ2v) is 21.8. The quantitative estimate of drug-likeness (QED) is 0.0631. The monoisotopic (exact) mass is 981 g/mol. The van der Waals surface area contributed by atoms with Gasteiger partial charge in [0.25, 0.3) is 0 Å². The summed E-state index contributed by atoms with van der Waals surface area (Å²) in [5.74, 6) is -1.94. The van der Waals surface area contributed by atoms with E-state index >= 15 is 0 Å². The number of sulfone groups is 3. The van der Waals surface area contributed by atoms with Crippen LogP contribution in [0.5, 0.6) is 23.0 Å². The molecule has 4 aromatic carbocycles. The number of nitrogens with zero attached hydrogens (tertiary/aromatic N) is 2. The van der Waals surface area contributed by atoms with Gasteiger partial charge in [-0.15, -0.1) is 11.8 Å². The first-order chi connectivity index (χ1) is 31.3. The first-order valence-corrected chi connectivity index (χ1v) is 25.8. The fourth-order valence-corrected chi connectivity index (χ4v) is 10.9. The Morgan fingerprint density at radius 3 is 1.73 bits per heavy atom. The molecule has 0 saturated carbocycles. The van der Waals surface area contributed by atoms with E-state index in [1.807, 2.05) is 27.7 Å². The van der Waals surface area contributed by atoms with Gasteiger partial charge >= 0.3 is 11.9 Å². The fraction of sp³-hybridized carbons (Fsp3) is 0.289. The number of benzene rings is 4. The number of hydrogen-bond donors (Lipinski definition) is 1. The van der Waals surface area contributed by atoms with Gasteiger partial charge in [-0.3, -0.25) is 4.98 Å². The molecule has 0 saturated heterocycles. The number of imidazole rings is 1. The summed E-state index contributed by atoms with van der Waals surface area (Å²) < 4.78 is 112. The summed E-state index contributed by atoms with van der Waals surface area (Å²) in [4.78, 5) is 37.8. The molecule has 21 heteroatoms. The number of fused-ring (bicyclic) bond motifs is 1. The zero-order chi connectivity index (χ0) is 47.8. The van der Waals surface area contributed by atoms with E-state index in [0.717, 1.165) is 34.0 Å². The van der Waals surface area contributed by atoms with Gasteiger partial charge in [-0.25, -0.2) is 39.8 Å². The molecule has 2 heterocycles. The number of ether oxygens (including phenoxy) is 6. The number of nitrogens with one attached hydrogen (secondary N) is 1. The number of carbonyl (C=O) groups excluding carboxylic acids is 2. The molecule has 17 nitrogen and oxygen atoms in total. The van der Waals surface area contributed by atoms with Crippen LogP contribution < -0.4 is 18.9 Å². The van der Waals surface area contributed by atoms with Crippen molar-refractivity contribution in [2.75, 3.05) is 52.2 Å². The molecule has 0 atom stereocenters. The highest BCUT2D eigenvalue weighted by molar-refractivity contribution is 7.98. The molecule has 0 spiro atoms. The summed E-state index contributed by atoms with van der Waals surface area (Å²) in [5, 5.41) is -0.433. The van der Waals surface area contributed by atoms with Crippen LogP contribution in [-0.2, 0) is 54.3 Å². The molecule has 66 heavy (non-hydrogen) atoms. The van der Waals surface area contributed by atoms with Crippen molar-refractivity contribution in [1.29, 1.82) is 0 Å². The van der Waals surface area contributed by atoms with Crippen molar-refractivity contribution < 1.29 is 63.3 Å². The summed E-state index contributed by atoms with van der Waals surface area (Å²) in [5.41, 5.74) is 4.91. The van der Waals surface area contributed by atoms with Crippen molar-refractivity contribution in [3.8, 4) is 23.0 Å². The lowest BCUT2D eigenvalue weighted by Crippen LogP contribution is -2.21. The third kappa shape index (κ3) is 11.8. The number of hydrogen-bond acceptors (Lipinski definition) is 17. The smallest absolute Gasteiger partial charge is 0.344 e. The number of aromatic nitrogens is 3. The molecular weight excluding hydrogens is 935 g/mol. The Kier molecular flexibility index (Phi) is 15.7. The number of carbonyl (C=O) groups is 2. The topological polar surface area (TPSA) is 234 Å². The van der Waals surface area contributed by atoms with Crippen LogP contribution in [0.2, 0.25) is 0 Å². The first kappa shape index (κ1) is 49.3. The van der Waals surface area contributed by atoms with E-state index in [-0.39, 0.29) is 26.2 Å². The minimum atomic E-state index is -4.46. The molecule has 6 aromatic rings. The zero-order valence-corrected chi connectivity index (χ0v) is 40.0. The number of pyridine rings is 1. The van der Waals surface area contributed by atoms with E-state index in [4.69, 9.17) is 28.4 Å². The van der Waals surface area contributed by atoms with Gasteiger partial charge in [-0.1, -0.05) is 35.4 Å². The van der Waals surface area contributed by atoms with Crippen molar-refractivity contribution in [3.63, 3.8) is 0 Å². The maximum atomic E-state index is 14.2. The summed E-state index contributed by atoms with van der Waals surface area (Å²) in [7, 11) is -8.94. The lowest BCUT2D eigenvalue weighted by molar-refractivity contribution is -0.146. The molecule has 0 amide bonds. The lowest BCUT2D eigenvalue weighted by Gasteiger charge is -2.14. The highest BCUT2D eigenvalue weighted by Gasteiger charge is 2.27. The number of H-pyrrole nitrogens is 1. The molecule has 0 fully saturated rings. The molecule has 0 unspecified atom stereocenters. The van der Waals surface area contributed by atoms with E-state index in [2.05, 4.69) is 15.0 Å². The van der Waals surface area contributed by atoms with E-state index in [1.165, 1.54) is 55.3 Å². The van der Waals surface area contributed by atoms with E-state index in [9.17, 15) is 34.8 Å². The van der Waals surface area contributed by atoms with Crippen molar-refractivity contribution >= 4 is 64.2 Å². The summed E-state index contributed by atoms with van der Waals surface area (Å²) in [6, 6.07) is 19.1. The van der Waals surface area contributed by atoms with Crippen LogP contribution in [0.4, 0.5) is 0 Å². The van der Waals surface area contributed by atoms with Crippen molar-refractivity contribution in [1.82, 2.24) is 15.0 Å². The van der Waals surface area contributed by atoms with E-state index in [0.29, 0.717) is 33.2 Å². The number of esters is 2. The Morgan fingerprint density at radius 2 is 1.18 bits per heavy atom. The molecule has 0 bridgehead atoms. The number of thioether (sulfide) groups is 1. The number of rotatable bonds is 21. The minimum Gasteiger partial charge on any atom is -0.496 e. The van der Waals surface area contributed by atoms with Crippen LogP contribution in [0.25, 0.3) is 11.0 Å². The molecular formula is C45H47N3O14S4. The van der Waals surface area contributed by atoms with Crippen LogP contribution in [0.3, 0.4) is 0 Å². The van der Waals surface area contributed by atoms with Gasteiger partial charge in [-0.2, -0.15) is 0 Å². The third-order valence-corrected chi connectivity index (χ3v) is 16.1. The fourth-order valence-electron chi connectivity index (χ4n) is 6.41. The molecule has 1 N–H and O–H groups in total. The Labute approximate surface area is 386 Å². The van der Waals surface area contributed by atoms with Crippen LogP contribution >= 0.6 is 11.8 Å². The normalized spacial score (nSPS) is 11.8. The number of aryl methyl sites for hydroxylation is 3. The number of aromatic amines is 1. The molecule has 0 aliphatic heterocycles. The predicted octanol–water partition coefficient (Wildman–Crippen LogP) is 6.13. The van der Waals surface area contributed by atoms with Crippen LogP contribution in [0.15, 0.2) is 110 Å². The Morgan fingerprint density at radius 1 is 0.652 bits per heavy atom. The summed E-state index contributed by atoms with van der Waals surface area (Å²) >= 11 is 1.34. The Bertz CT molecular complexity index is 3080. The van der Waals surface area contributed by atoms with Gasteiger partial charge < -0.3 is 33.4 Å². The maximum absolute atomic E-state index is 14.2. The van der Waals surface area contributed by atoms with Crippen molar-refractivity contribution in [2.45, 2.75) is 58.2 Å². The predicted molar refractivity (Wildman–Crippen MR) is 244 cm³/mol. The van der Waals surface area contributed by atoms with Gasteiger partial charge in [0.1, 0.15) is 30.2 Å². The Balaban J connectivity index is 1.21. The highest BCUT2D eigenvalue weighted by Crippen LogP contribution is 2.40. The van der Waals surface area contributed by atoms with Gasteiger partial charge in [0.2, 0.25) is 15.0 Å². The van der Waals surface area contributed by atoms with Crippen LogP contribution in [0, 0.1) is 27.7 Å². The molecule has 2 aromatic heterocycles.